The molecule has 0 atom stereocenters. The molecule has 126 valence electrons. The number of rotatable bonds is 4. The molecule has 2 heterocycles. The molecule has 0 fully saturated rings. The quantitative estimate of drug-likeness (QED) is 0.570. The fourth-order valence-electron chi connectivity index (χ4n) is 3.10. The van der Waals surface area contributed by atoms with Crippen molar-refractivity contribution in [3.05, 3.63) is 69.4 Å². The number of hydrogen-bond donors (Lipinski definition) is 0. The first-order chi connectivity index (χ1) is 12.2. The fourth-order valence-corrected chi connectivity index (χ4v) is 3.10. The first kappa shape index (κ1) is 15.3. The number of nitrogens with zero attached hydrogens (tertiary/aromatic N) is 5. The van der Waals surface area contributed by atoms with Crippen molar-refractivity contribution in [1.29, 1.82) is 0 Å². The predicted octanol–water partition coefficient (Wildman–Crippen LogP) is 1.82. The predicted molar refractivity (Wildman–Crippen MR) is 95.7 cm³/mol. The van der Waals surface area contributed by atoms with Crippen LogP contribution in [0.3, 0.4) is 0 Å². The molecular weight excluding hydrogens is 318 g/mol. The zero-order valence-corrected chi connectivity index (χ0v) is 13.8. The molecule has 0 amide bonds. The van der Waals surface area contributed by atoms with Gasteiger partial charge in [-0.1, -0.05) is 36.4 Å². The Bertz CT molecular complexity index is 1190. The lowest BCUT2D eigenvalue weighted by atomic mass is 10.2. The zero-order chi connectivity index (χ0) is 17.4. The van der Waals surface area contributed by atoms with E-state index < -0.39 is 0 Å². The Hall–Kier alpha value is -3.22. The van der Waals surface area contributed by atoms with Crippen molar-refractivity contribution in [2.45, 2.75) is 26.6 Å². The fraction of sp³-hybridized carbons (Fsp3) is 0.222. The molecular formula is C18H17N5O2. The summed E-state index contributed by atoms with van der Waals surface area (Å²) in [5, 5.41) is 8.56. The van der Waals surface area contributed by atoms with Crippen molar-refractivity contribution in [2.75, 3.05) is 0 Å². The van der Waals surface area contributed by atoms with Gasteiger partial charge in [0, 0.05) is 6.54 Å². The van der Waals surface area contributed by atoms with Gasteiger partial charge in [-0.25, -0.2) is 4.79 Å². The van der Waals surface area contributed by atoms with Gasteiger partial charge >= 0.3 is 5.69 Å². The Kier molecular flexibility index (Phi) is 3.68. The summed E-state index contributed by atoms with van der Waals surface area (Å²) in [5.74, 6) is 0. The van der Waals surface area contributed by atoms with Crippen LogP contribution in [0, 0.1) is 0 Å². The van der Waals surface area contributed by atoms with Crippen LogP contribution in [0.1, 0.15) is 13.3 Å². The summed E-state index contributed by atoms with van der Waals surface area (Å²) in [6, 6.07) is 14.6. The third-order valence-corrected chi connectivity index (χ3v) is 4.28. The Labute approximate surface area is 142 Å². The smallest absolute Gasteiger partial charge is 0.292 e. The van der Waals surface area contributed by atoms with E-state index in [0.29, 0.717) is 17.4 Å². The topological polar surface area (TPSA) is 74.7 Å². The van der Waals surface area contributed by atoms with E-state index in [1.807, 2.05) is 37.3 Å². The number of para-hydroxylation sites is 2. The second-order valence-corrected chi connectivity index (χ2v) is 5.90. The Balaban J connectivity index is 1.90. The van der Waals surface area contributed by atoms with Gasteiger partial charge in [-0.15, -0.1) is 5.10 Å². The highest BCUT2D eigenvalue weighted by Gasteiger charge is 2.14. The molecule has 2 aromatic carbocycles. The summed E-state index contributed by atoms with van der Waals surface area (Å²) in [6.45, 7) is 2.69. The third kappa shape index (κ3) is 2.44. The van der Waals surface area contributed by atoms with E-state index in [1.165, 1.54) is 4.68 Å². The van der Waals surface area contributed by atoms with Crippen molar-refractivity contribution < 1.29 is 0 Å². The molecule has 0 spiro atoms. The van der Waals surface area contributed by atoms with Gasteiger partial charge in [0.15, 0.2) is 0 Å². The van der Waals surface area contributed by atoms with Gasteiger partial charge in [0.05, 0.1) is 16.4 Å². The molecule has 0 saturated heterocycles. The lowest BCUT2D eigenvalue weighted by Crippen LogP contribution is -2.33. The van der Waals surface area contributed by atoms with E-state index in [4.69, 9.17) is 0 Å². The van der Waals surface area contributed by atoms with Crippen LogP contribution in [0.4, 0.5) is 0 Å². The average Bonchev–Trinajstić information content (AvgIpc) is 2.90. The maximum absolute atomic E-state index is 12.8. The van der Waals surface area contributed by atoms with E-state index in [0.717, 1.165) is 17.5 Å². The van der Waals surface area contributed by atoms with Gasteiger partial charge in [0.25, 0.3) is 5.56 Å². The van der Waals surface area contributed by atoms with Crippen molar-refractivity contribution in [1.82, 2.24) is 24.1 Å². The largest absolute Gasteiger partial charge is 0.330 e. The third-order valence-electron chi connectivity index (χ3n) is 4.28. The molecule has 4 rings (SSSR count). The van der Waals surface area contributed by atoms with Crippen LogP contribution in [0.5, 0.6) is 0 Å². The van der Waals surface area contributed by atoms with E-state index >= 15 is 0 Å². The summed E-state index contributed by atoms with van der Waals surface area (Å²) < 4.78 is 4.52. The minimum absolute atomic E-state index is 0.0345. The average molecular weight is 335 g/mol. The van der Waals surface area contributed by atoms with E-state index in [-0.39, 0.29) is 17.9 Å². The minimum atomic E-state index is -0.259. The maximum Gasteiger partial charge on any atom is 0.330 e. The van der Waals surface area contributed by atoms with E-state index in [2.05, 4.69) is 10.3 Å². The van der Waals surface area contributed by atoms with Gasteiger partial charge in [-0.2, -0.15) is 4.68 Å². The summed E-state index contributed by atoms with van der Waals surface area (Å²) >= 11 is 0. The molecule has 2 aromatic heterocycles. The summed E-state index contributed by atoms with van der Waals surface area (Å²) in [6.07, 6.45) is 0.851. The van der Waals surface area contributed by atoms with Crippen LogP contribution in [-0.4, -0.2) is 24.1 Å². The molecule has 4 aromatic rings. The van der Waals surface area contributed by atoms with Crippen LogP contribution < -0.4 is 11.2 Å². The van der Waals surface area contributed by atoms with Crippen molar-refractivity contribution in [2.24, 2.45) is 0 Å². The molecule has 0 bridgehead atoms. The molecule has 0 aliphatic carbocycles. The second kappa shape index (κ2) is 6.01. The highest BCUT2D eigenvalue weighted by atomic mass is 16.2. The van der Waals surface area contributed by atoms with Crippen molar-refractivity contribution in [3.8, 4) is 0 Å². The van der Waals surface area contributed by atoms with Crippen molar-refractivity contribution in [3.63, 3.8) is 0 Å². The molecule has 0 unspecified atom stereocenters. The molecule has 0 N–H and O–H groups in total. The molecule has 0 aliphatic rings. The highest BCUT2D eigenvalue weighted by molar-refractivity contribution is 5.77. The van der Waals surface area contributed by atoms with Crippen LogP contribution in [0.2, 0.25) is 0 Å². The van der Waals surface area contributed by atoms with Crippen LogP contribution >= 0.6 is 0 Å². The van der Waals surface area contributed by atoms with Gasteiger partial charge in [-0.3, -0.25) is 13.9 Å². The van der Waals surface area contributed by atoms with Crippen LogP contribution in [0.25, 0.3) is 21.9 Å². The minimum Gasteiger partial charge on any atom is -0.292 e. The zero-order valence-electron chi connectivity index (χ0n) is 13.8. The molecule has 7 nitrogen and oxygen atoms in total. The molecule has 0 radical (unpaired) electrons. The van der Waals surface area contributed by atoms with Gasteiger partial charge in [0.1, 0.15) is 12.2 Å². The Morgan fingerprint density at radius 2 is 1.60 bits per heavy atom. The number of fused-ring (bicyclic) bond motifs is 2. The number of benzene rings is 2. The number of aromatic nitrogens is 5. The van der Waals surface area contributed by atoms with Gasteiger partial charge in [0.2, 0.25) is 0 Å². The molecule has 25 heavy (non-hydrogen) atoms. The van der Waals surface area contributed by atoms with E-state index in [9.17, 15) is 9.59 Å². The summed E-state index contributed by atoms with van der Waals surface area (Å²) in [5.41, 5.74) is 1.78. The lowest BCUT2D eigenvalue weighted by molar-refractivity contribution is 0.488. The molecule has 0 saturated carbocycles. The Morgan fingerprint density at radius 1 is 0.920 bits per heavy atom. The first-order valence-corrected chi connectivity index (χ1v) is 8.21. The number of imidazole rings is 1. The SMILES string of the molecule is CCCn1c(=O)n(Cn2nnc3ccccc3c2=O)c2ccccc21. The van der Waals surface area contributed by atoms with Gasteiger partial charge < -0.3 is 0 Å². The number of hydrogen-bond acceptors (Lipinski definition) is 4. The van der Waals surface area contributed by atoms with E-state index in [1.54, 1.807) is 27.3 Å². The second-order valence-electron chi connectivity index (χ2n) is 5.90. The van der Waals surface area contributed by atoms with Crippen LogP contribution in [0.15, 0.2) is 58.1 Å². The maximum atomic E-state index is 12.8. The highest BCUT2D eigenvalue weighted by Crippen LogP contribution is 2.13. The Morgan fingerprint density at radius 3 is 2.36 bits per heavy atom. The van der Waals surface area contributed by atoms with Gasteiger partial charge in [-0.05, 0) is 30.7 Å². The number of aryl methyl sites for hydroxylation is 1. The first-order valence-electron chi connectivity index (χ1n) is 8.21. The molecule has 0 aliphatic heterocycles. The lowest BCUT2D eigenvalue weighted by Gasteiger charge is -2.06. The summed E-state index contributed by atoms with van der Waals surface area (Å²) in [7, 11) is 0. The van der Waals surface area contributed by atoms with Crippen molar-refractivity contribution >= 4 is 21.9 Å². The monoisotopic (exact) mass is 335 g/mol. The normalized spacial score (nSPS) is 11.4. The van der Waals surface area contributed by atoms with Crippen LogP contribution in [-0.2, 0) is 13.2 Å². The standard InChI is InChI=1S/C18H17N5O2/c1-2-11-21-15-9-5-6-10-16(15)22(18(21)25)12-23-17(24)13-7-3-4-8-14(13)19-20-23/h3-10H,2,11-12H2,1H3. The molecule has 7 heteroatoms. The summed E-state index contributed by atoms with van der Waals surface area (Å²) in [4.78, 5) is 25.5.